The number of hydrogen-bond acceptors (Lipinski definition) is 17. The van der Waals surface area contributed by atoms with Gasteiger partial charge in [0.05, 0.1) is 58.4 Å². The Bertz CT molecular complexity index is 3130. The number of nitrogen functional groups attached to an aromatic ring is 1. The number of nitrogens with one attached hydrogen (secondary N) is 2. The van der Waals surface area contributed by atoms with Gasteiger partial charge in [0.25, 0.3) is 5.69 Å². The molecule has 0 spiro atoms. The standard InChI is InChI=1S/C26H26N6O4.C26H28N6O2.CH3.Pd/c1-30-12-14-31(15-13-30)18-10-11-23(24(17-18)35-2)28-26-27-22-9-4-3-8-21(22)25(29-26)36-20-7-5-6-19(16-20)32(33)34;1-31-12-14-32(15-13-31)19-10-11-23(24(17-19)33-2)29-26-28-22-9-4-3-8-21(22)25(30-26)34-20-7-5-6-18(27)16-20;;/h3-11,16-17H,12-15H2,1-2H3,(H,27,28,29);3-11,16-17H,12-15,27H2,1-2H3,(H,28,29,30);1H3;/q;;-1;. The maximum Gasteiger partial charge on any atom is 0.273 e. The second-order valence-corrected chi connectivity index (χ2v) is 16.9. The fourth-order valence-corrected chi connectivity index (χ4v) is 8.15. The molecule has 6 aromatic carbocycles. The minimum Gasteiger partial charge on any atom is -0.494 e. The van der Waals surface area contributed by atoms with Crippen molar-refractivity contribution in [3.63, 3.8) is 0 Å². The van der Waals surface area contributed by atoms with Gasteiger partial charge in [-0.05, 0) is 80.8 Å². The maximum atomic E-state index is 11.2. The SMILES string of the molecule is COc1cc(N2CCN(C)CC2)ccc1Nc1nc(Oc2cccc(N)c2)c2ccccc2n1.COc1cc(N2CCN(C)CC2)ccc1Nc1nc(Oc2cccc([N+](=O)[O-])c2)c2ccccc2n1.[CH3-].[Pd]. The van der Waals surface area contributed by atoms with Crippen molar-refractivity contribution in [2.75, 3.05) is 107 Å². The number of piperazine rings is 2. The zero-order chi connectivity index (χ0) is 48.6. The summed E-state index contributed by atoms with van der Waals surface area (Å²) in [6.07, 6.45) is 0. The van der Waals surface area contributed by atoms with Gasteiger partial charge in [-0.3, -0.25) is 10.1 Å². The van der Waals surface area contributed by atoms with Gasteiger partial charge in [0.1, 0.15) is 23.0 Å². The Labute approximate surface area is 432 Å². The second kappa shape index (κ2) is 23.9. The predicted octanol–water partition coefficient (Wildman–Crippen LogP) is 9.79. The summed E-state index contributed by atoms with van der Waals surface area (Å²) in [5, 5.41) is 19.2. The smallest absolute Gasteiger partial charge is 0.273 e. The molecule has 2 saturated heterocycles. The number of aromatic nitrogens is 4. The van der Waals surface area contributed by atoms with Gasteiger partial charge < -0.3 is 62.3 Å². The molecule has 376 valence electrons. The van der Waals surface area contributed by atoms with Crippen LogP contribution in [0.1, 0.15) is 0 Å². The minimum atomic E-state index is -0.462. The van der Waals surface area contributed by atoms with Crippen molar-refractivity contribution in [2.45, 2.75) is 0 Å². The number of hydrogen-bond donors (Lipinski definition) is 3. The number of methoxy groups -OCH3 is 2. The van der Waals surface area contributed by atoms with E-state index < -0.39 is 4.92 Å². The molecule has 2 fully saturated rings. The number of fused-ring (bicyclic) bond motifs is 2. The number of para-hydroxylation sites is 2. The summed E-state index contributed by atoms with van der Waals surface area (Å²) >= 11 is 0. The monoisotopic (exact) mass is 1060 g/mol. The minimum absolute atomic E-state index is 0. The van der Waals surface area contributed by atoms with Gasteiger partial charge >= 0.3 is 0 Å². The fraction of sp³-hybridized carbons (Fsp3) is 0.226. The van der Waals surface area contributed by atoms with Crippen LogP contribution in [0.4, 0.5) is 46.0 Å². The Balaban J connectivity index is 0.000000206. The molecule has 0 radical (unpaired) electrons. The summed E-state index contributed by atoms with van der Waals surface area (Å²) in [5.74, 6) is 3.80. The summed E-state index contributed by atoms with van der Waals surface area (Å²) in [6, 6.07) is 40.6. The van der Waals surface area contributed by atoms with E-state index in [9.17, 15) is 10.1 Å². The van der Waals surface area contributed by atoms with Crippen LogP contribution >= 0.6 is 0 Å². The Morgan fingerprint density at radius 2 is 1.00 bits per heavy atom. The first-order valence-electron chi connectivity index (χ1n) is 22.9. The molecular formula is C53H57N12O6Pd-. The fourth-order valence-electron chi connectivity index (χ4n) is 8.15. The Morgan fingerprint density at radius 1 is 0.556 bits per heavy atom. The van der Waals surface area contributed by atoms with Crippen molar-refractivity contribution in [3.8, 4) is 34.8 Å². The van der Waals surface area contributed by atoms with Gasteiger partial charge in [-0.25, -0.2) is 9.97 Å². The molecule has 0 amide bonds. The summed E-state index contributed by atoms with van der Waals surface area (Å²) < 4.78 is 23.5. The van der Waals surface area contributed by atoms with Crippen molar-refractivity contribution in [1.82, 2.24) is 29.7 Å². The molecule has 4 N–H and O–H groups in total. The third-order valence-corrected chi connectivity index (χ3v) is 12.1. The number of nitro benzene ring substituents is 1. The van der Waals surface area contributed by atoms with Crippen molar-refractivity contribution in [2.24, 2.45) is 0 Å². The van der Waals surface area contributed by atoms with E-state index in [2.05, 4.69) is 82.5 Å². The van der Waals surface area contributed by atoms with E-state index in [0.29, 0.717) is 57.3 Å². The van der Waals surface area contributed by atoms with Crippen LogP contribution in [0.25, 0.3) is 21.8 Å². The first-order valence-corrected chi connectivity index (χ1v) is 22.9. The van der Waals surface area contributed by atoms with Crippen LogP contribution in [-0.2, 0) is 20.4 Å². The van der Waals surface area contributed by atoms with Crippen LogP contribution in [0.15, 0.2) is 133 Å². The number of nitrogens with zero attached hydrogens (tertiary/aromatic N) is 9. The third-order valence-electron chi connectivity index (χ3n) is 12.1. The normalized spacial score (nSPS) is 13.7. The summed E-state index contributed by atoms with van der Waals surface area (Å²) in [5.41, 5.74) is 11.7. The Hall–Kier alpha value is -7.82. The average Bonchev–Trinajstić information content (AvgIpc) is 3.37. The number of ether oxygens (including phenoxy) is 4. The Kier molecular flexibility index (Phi) is 17.2. The largest absolute Gasteiger partial charge is 0.494 e. The number of nitro groups is 1. The van der Waals surface area contributed by atoms with E-state index in [-0.39, 0.29) is 39.4 Å². The number of anilines is 7. The zero-order valence-electron chi connectivity index (χ0n) is 40.7. The molecule has 72 heavy (non-hydrogen) atoms. The van der Waals surface area contributed by atoms with Crippen molar-refractivity contribution in [1.29, 1.82) is 0 Å². The molecule has 0 unspecified atom stereocenters. The van der Waals surface area contributed by atoms with E-state index in [1.54, 1.807) is 32.4 Å². The van der Waals surface area contributed by atoms with E-state index in [4.69, 9.17) is 24.7 Å². The first kappa shape index (κ1) is 52.0. The molecule has 0 bridgehead atoms. The molecule has 2 aromatic heterocycles. The molecule has 8 aromatic rings. The molecule has 0 saturated carbocycles. The van der Waals surface area contributed by atoms with Crippen LogP contribution in [0.5, 0.6) is 34.8 Å². The maximum absolute atomic E-state index is 11.2. The number of benzene rings is 6. The van der Waals surface area contributed by atoms with Gasteiger partial charge in [-0.1, -0.05) is 36.4 Å². The zero-order valence-corrected chi connectivity index (χ0v) is 42.3. The first-order chi connectivity index (χ1) is 34.1. The molecule has 4 heterocycles. The van der Waals surface area contributed by atoms with Gasteiger partial charge in [-0.15, -0.1) is 0 Å². The summed E-state index contributed by atoms with van der Waals surface area (Å²) in [7, 11) is 7.58. The van der Waals surface area contributed by atoms with Crippen molar-refractivity contribution >= 4 is 67.8 Å². The van der Waals surface area contributed by atoms with E-state index >= 15 is 0 Å². The van der Waals surface area contributed by atoms with E-state index in [0.717, 1.165) is 86.1 Å². The number of nitrogens with two attached hydrogens (primary N) is 1. The molecule has 0 aliphatic carbocycles. The molecule has 18 nitrogen and oxygen atoms in total. The van der Waals surface area contributed by atoms with Crippen LogP contribution in [0.3, 0.4) is 0 Å². The summed E-state index contributed by atoms with van der Waals surface area (Å²) in [4.78, 5) is 38.6. The second-order valence-electron chi connectivity index (χ2n) is 16.9. The number of rotatable bonds is 13. The van der Waals surface area contributed by atoms with E-state index in [1.807, 2.05) is 84.9 Å². The van der Waals surface area contributed by atoms with Crippen LogP contribution in [0.2, 0.25) is 0 Å². The molecular weight excluding hydrogens is 1010 g/mol. The number of non-ortho nitro benzene ring substituents is 1. The molecule has 2 aliphatic heterocycles. The number of likely N-dealkylation sites (N-methyl/N-ethyl adjacent to an activating group) is 2. The van der Waals surface area contributed by atoms with Gasteiger partial charge in [0.15, 0.2) is 0 Å². The van der Waals surface area contributed by atoms with Gasteiger partial charge in [0, 0.05) is 114 Å². The van der Waals surface area contributed by atoms with Crippen LogP contribution in [-0.4, -0.2) is 115 Å². The van der Waals surface area contributed by atoms with Crippen LogP contribution in [0, 0.1) is 17.5 Å². The third kappa shape index (κ3) is 12.6. The topological polar surface area (TPSA) is 195 Å². The van der Waals surface area contributed by atoms with Crippen molar-refractivity contribution < 1.29 is 44.3 Å². The Morgan fingerprint density at radius 3 is 1.44 bits per heavy atom. The molecule has 0 atom stereocenters. The quantitative estimate of drug-likeness (QED) is 0.0324. The average molecular weight is 1060 g/mol. The molecule has 19 heteroatoms. The molecule has 10 rings (SSSR count). The predicted molar refractivity (Wildman–Crippen MR) is 282 cm³/mol. The van der Waals surface area contributed by atoms with E-state index in [1.165, 1.54) is 12.1 Å². The molecule has 2 aliphatic rings. The van der Waals surface area contributed by atoms with Crippen LogP contribution < -0.4 is 45.1 Å². The van der Waals surface area contributed by atoms with Gasteiger partial charge in [0.2, 0.25) is 23.7 Å². The van der Waals surface area contributed by atoms with Crippen molar-refractivity contribution in [3.05, 3.63) is 151 Å². The summed E-state index contributed by atoms with van der Waals surface area (Å²) in [6.45, 7) is 8.01. The van der Waals surface area contributed by atoms with Gasteiger partial charge in [-0.2, -0.15) is 9.97 Å².